The molecule has 25 heavy (non-hydrogen) atoms. The number of nitrogen functional groups attached to an aromatic ring is 2. The first-order valence-corrected chi connectivity index (χ1v) is 9.15. The zero-order valence-electron chi connectivity index (χ0n) is 13.9. The van der Waals surface area contributed by atoms with E-state index in [1.807, 2.05) is 12.1 Å². The fourth-order valence-electron chi connectivity index (χ4n) is 2.71. The number of aromatic nitrogens is 2. The first kappa shape index (κ1) is 17.3. The third-order valence-corrected chi connectivity index (χ3v) is 4.71. The van der Waals surface area contributed by atoms with Crippen molar-refractivity contribution in [2.75, 3.05) is 17.2 Å². The highest BCUT2D eigenvalue weighted by molar-refractivity contribution is 7.99. The number of anilines is 2. The number of amides is 1. The predicted molar refractivity (Wildman–Crippen MR) is 97.4 cm³/mol. The third-order valence-electron chi connectivity index (χ3n) is 3.88. The molecule has 0 unspecified atom stereocenters. The van der Waals surface area contributed by atoms with Gasteiger partial charge in [-0.1, -0.05) is 17.8 Å². The van der Waals surface area contributed by atoms with Gasteiger partial charge in [0.2, 0.25) is 5.91 Å². The van der Waals surface area contributed by atoms with Gasteiger partial charge in [-0.15, -0.1) is 0 Å². The number of hydrogen-bond acceptors (Lipinski definition) is 7. The lowest BCUT2D eigenvalue weighted by Crippen LogP contribution is -2.32. The van der Waals surface area contributed by atoms with Crippen LogP contribution in [-0.2, 0) is 11.3 Å². The van der Waals surface area contributed by atoms with Gasteiger partial charge in [0.15, 0.2) is 5.16 Å². The van der Waals surface area contributed by atoms with Crippen molar-refractivity contribution in [3.63, 3.8) is 0 Å². The highest BCUT2D eigenvalue weighted by Crippen LogP contribution is 2.25. The topological polar surface area (TPSA) is 111 Å². The van der Waals surface area contributed by atoms with Crippen molar-refractivity contribution in [2.45, 2.75) is 37.4 Å². The molecule has 1 aliphatic carbocycles. The molecule has 0 saturated heterocycles. The summed E-state index contributed by atoms with van der Waals surface area (Å²) in [6, 6.07) is 5.19. The molecule has 3 rings (SSSR count). The molecule has 0 atom stereocenters. The molecule has 7 nitrogen and oxygen atoms in total. The summed E-state index contributed by atoms with van der Waals surface area (Å²) < 4.78 is 5.41. The van der Waals surface area contributed by atoms with Crippen molar-refractivity contribution in [2.24, 2.45) is 0 Å². The lowest BCUT2D eigenvalue weighted by atomic mass is 10.0. The fraction of sp³-hybridized carbons (Fsp3) is 0.353. The second kappa shape index (κ2) is 8.06. The molecule has 2 heterocycles. The molecule has 2 aromatic heterocycles. The van der Waals surface area contributed by atoms with Crippen LogP contribution in [0, 0.1) is 0 Å². The Balaban J connectivity index is 1.70. The summed E-state index contributed by atoms with van der Waals surface area (Å²) in [5.74, 6) is 1.55. The maximum Gasteiger partial charge on any atom is 0.237 e. The van der Waals surface area contributed by atoms with Crippen LogP contribution in [0.25, 0.3) is 0 Å². The predicted octanol–water partition coefficient (Wildman–Crippen LogP) is 2.81. The lowest BCUT2D eigenvalue weighted by molar-refractivity contribution is -0.127. The highest BCUT2D eigenvalue weighted by atomic mass is 32.2. The molecule has 0 fully saturated rings. The van der Waals surface area contributed by atoms with Crippen molar-refractivity contribution in [3.05, 3.63) is 42.0 Å². The number of carbonyl (C=O) groups excluding carboxylic acids is 1. The fourth-order valence-corrected chi connectivity index (χ4v) is 3.45. The monoisotopic (exact) mass is 359 g/mol. The first-order chi connectivity index (χ1) is 12.1. The Morgan fingerprint density at radius 1 is 1.28 bits per heavy atom. The van der Waals surface area contributed by atoms with E-state index in [-0.39, 0.29) is 11.7 Å². The summed E-state index contributed by atoms with van der Waals surface area (Å²) in [7, 11) is 0. The van der Waals surface area contributed by atoms with Gasteiger partial charge in [-0.2, -0.15) is 0 Å². The minimum absolute atomic E-state index is 0.0147. The van der Waals surface area contributed by atoms with Crippen LogP contribution in [0.3, 0.4) is 0 Å². The number of rotatable bonds is 6. The second-order valence-corrected chi connectivity index (χ2v) is 6.73. The van der Waals surface area contributed by atoms with Crippen LogP contribution in [-0.4, -0.2) is 26.5 Å². The number of thioether (sulfide) groups is 1. The SMILES string of the molecule is Nc1cc(N)nc(SCC(=O)N(Cc2ccco2)C2=CCCCC2)n1. The van der Waals surface area contributed by atoms with E-state index in [1.165, 1.54) is 17.8 Å². The first-order valence-electron chi connectivity index (χ1n) is 8.16. The van der Waals surface area contributed by atoms with Crippen LogP contribution in [0.1, 0.15) is 31.4 Å². The molecule has 1 aliphatic rings. The van der Waals surface area contributed by atoms with Gasteiger partial charge < -0.3 is 20.8 Å². The van der Waals surface area contributed by atoms with Gasteiger partial charge in [0, 0.05) is 11.8 Å². The van der Waals surface area contributed by atoms with E-state index in [1.54, 1.807) is 11.2 Å². The smallest absolute Gasteiger partial charge is 0.237 e. The summed E-state index contributed by atoms with van der Waals surface area (Å²) in [4.78, 5) is 22.8. The van der Waals surface area contributed by atoms with Gasteiger partial charge in [0.05, 0.1) is 18.6 Å². The zero-order valence-corrected chi connectivity index (χ0v) is 14.7. The quantitative estimate of drug-likeness (QED) is 0.602. The van der Waals surface area contributed by atoms with Crippen molar-refractivity contribution in [3.8, 4) is 0 Å². The van der Waals surface area contributed by atoms with Gasteiger partial charge in [-0.25, -0.2) is 9.97 Å². The largest absolute Gasteiger partial charge is 0.467 e. The van der Waals surface area contributed by atoms with Crippen LogP contribution in [0.2, 0.25) is 0 Å². The molecule has 0 bridgehead atoms. The van der Waals surface area contributed by atoms with Crippen LogP contribution in [0.5, 0.6) is 0 Å². The van der Waals surface area contributed by atoms with Crippen molar-refractivity contribution < 1.29 is 9.21 Å². The molecule has 0 radical (unpaired) electrons. The number of hydrogen-bond donors (Lipinski definition) is 2. The molecule has 0 spiro atoms. The number of nitrogens with two attached hydrogens (primary N) is 2. The molecule has 0 aliphatic heterocycles. The Kier molecular flexibility index (Phi) is 5.60. The Morgan fingerprint density at radius 2 is 2.08 bits per heavy atom. The van der Waals surface area contributed by atoms with E-state index in [2.05, 4.69) is 16.0 Å². The minimum Gasteiger partial charge on any atom is -0.467 e. The number of carbonyl (C=O) groups is 1. The van der Waals surface area contributed by atoms with Crippen LogP contribution in [0.4, 0.5) is 11.6 Å². The van der Waals surface area contributed by atoms with E-state index >= 15 is 0 Å². The van der Waals surface area contributed by atoms with Gasteiger partial charge in [-0.3, -0.25) is 4.79 Å². The standard InChI is InChI=1S/C17H21N5O2S/c18-14-9-15(19)21-17(20-14)25-11-16(23)22(10-13-7-4-8-24-13)12-5-2-1-3-6-12/h4-5,7-9H,1-3,6,10-11H2,(H4,18,19,20,21). The van der Waals surface area contributed by atoms with E-state index in [0.717, 1.165) is 37.1 Å². The number of nitrogens with zero attached hydrogens (tertiary/aromatic N) is 3. The summed E-state index contributed by atoms with van der Waals surface area (Å²) >= 11 is 1.23. The maximum atomic E-state index is 12.8. The molecule has 4 N–H and O–H groups in total. The van der Waals surface area contributed by atoms with E-state index in [0.29, 0.717) is 23.3 Å². The Labute approximate surface area is 150 Å². The summed E-state index contributed by atoms with van der Waals surface area (Å²) in [5, 5.41) is 0.404. The molecule has 0 aromatic carbocycles. The third kappa shape index (κ3) is 4.76. The van der Waals surface area contributed by atoms with E-state index < -0.39 is 0 Å². The Bertz CT molecular complexity index is 740. The summed E-state index contributed by atoms with van der Waals surface area (Å²) in [6.07, 6.45) is 7.92. The average molecular weight is 359 g/mol. The summed E-state index contributed by atoms with van der Waals surface area (Å²) in [6.45, 7) is 0.429. The second-order valence-electron chi connectivity index (χ2n) is 5.79. The van der Waals surface area contributed by atoms with Gasteiger partial charge in [0.25, 0.3) is 0 Å². The van der Waals surface area contributed by atoms with E-state index in [4.69, 9.17) is 15.9 Å². The Hall–Kier alpha value is -2.48. The van der Waals surface area contributed by atoms with Gasteiger partial charge in [-0.05, 0) is 37.8 Å². The van der Waals surface area contributed by atoms with E-state index in [9.17, 15) is 4.79 Å². The van der Waals surface area contributed by atoms with Gasteiger partial charge in [0.1, 0.15) is 17.4 Å². The lowest BCUT2D eigenvalue weighted by Gasteiger charge is -2.27. The van der Waals surface area contributed by atoms with Crippen molar-refractivity contribution in [1.82, 2.24) is 14.9 Å². The van der Waals surface area contributed by atoms with Gasteiger partial charge >= 0.3 is 0 Å². The minimum atomic E-state index is -0.0147. The molecular weight excluding hydrogens is 338 g/mol. The van der Waals surface area contributed by atoms with Crippen LogP contribution >= 0.6 is 11.8 Å². The van der Waals surface area contributed by atoms with Crippen molar-refractivity contribution >= 4 is 29.3 Å². The average Bonchev–Trinajstić information content (AvgIpc) is 3.11. The Morgan fingerprint density at radius 3 is 2.72 bits per heavy atom. The number of furan rings is 1. The summed E-state index contributed by atoms with van der Waals surface area (Å²) in [5.41, 5.74) is 12.4. The van der Waals surface area contributed by atoms with Crippen LogP contribution in [0.15, 0.2) is 45.8 Å². The molecule has 0 saturated carbocycles. The zero-order chi connectivity index (χ0) is 17.6. The molecular formula is C17H21N5O2S. The van der Waals surface area contributed by atoms with Crippen molar-refractivity contribution in [1.29, 1.82) is 0 Å². The highest BCUT2D eigenvalue weighted by Gasteiger charge is 2.21. The number of allylic oxidation sites excluding steroid dienone is 2. The molecule has 8 heteroatoms. The molecule has 2 aromatic rings. The molecule has 1 amide bonds. The van der Waals surface area contributed by atoms with Crippen LogP contribution < -0.4 is 11.5 Å². The normalized spacial score (nSPS) is 14.2. The maximum absolute atomic E-state index is 12.8. The molecule has 132 valence electrons.